The van der Waals surface area contributed by atoms with Crippen molar-refractivity contribution in [2.45, 2.75) is 33.9 Å². The fourth-order valence-electron chi connectivity index (χ4n) is 2.24. The zero-order valence-corrected chi connectivity index (χ0v) is 10.7. The fourth-order valence-corrected chi connectivity index (χ4v) is 2.24. The van der Waals surface area contributed by atoms with Gasteiger partial charge in [-0.05, 0) is 26.3 Å². The Labute approximate surface area is 102 Å². The van der Waals surface area contributed by atoms with Gasteiger partial charge < -0.3 is 10.3 Å². The Morgan fingerprint density at radius 3 is 2.35 bits per heavy atom. The van der Waals surface area contributed by atoms with E-state index >= 15 is 0 Å². The largest absolute Gasteiger partial charge is 0.327 e. The highest BCUT2D eigenvalue weighted by Crippen LogP contribution is 2.13. The molecule has 90 valence electrons. The van der Waals surface area contributed by atoms with E-state index in [0.717, 1.165) is 18.1 Å². The average Bonchev–Trinajstić information content (AvgIpc) is 2.59. The summed E-state index contributed by atoms with van der Waals surface area (Å²) in [6.45, 7) is 7.65. The fraction of sp³-hybridized carbons (Fsp3) is 0.357. The quantitative estimate of drug-likeness (QED) is 0.877. The molecule has 1 heterocycles. The van der Waals surface area contributed by atoms with Crippen LogP contribution in [0.15, 0.2) is 24.4 Å². The Hall–Kier alpha value is -1.61. The molecule has 0 unspecified atom stereocenters. The Morgan fingerprint density at radius 1 is 1.12 bits per heavy atom. The monoisotopic (exact) mass is 229 g/mol. The second kappa shape index (κ2) is 4.72. The third-order valence-corrected chi connectivity index (χ3v) is 2.97. The minimum atomic E-state index is 0.533. The number of aromatic nitrogens is 2. The minimum Gasteiger partial charge on any atom is -0.327 e. The van der Waals surface area contributed by atoms with Gasteiger partial charge in [-0.3, -0.25) is 0 Å². The first-order valence-corrected chi connectivity index (χ1v) is 5.88. The van der Waals surface area contributed by atoms with Crippen molar-refractivity contribution < 1.29 is 0 Å². The number of benzene rings is 1. The molecule has 0 atom stereocenters. The molecule has 2 aromatic rings. The molecule has 1 aromatic carbocycles. The molecule has 0 aliphatic carbocycles. The van der Waals surface area contributed by atoms with Gasteiger partial charge in [0.25, 0.3) is 0 Å². The lowest BCUT2D eigenvalue weighted by Gasteiger charge is -2.10. The van der Waals surface area contributed by atoms with Crippen LogP contribution in [0.3, 0.4) is 0 Å². The number of nitrogens with two attached hydrogens (primary N) is 1. The topological polar surface area (TPSA) is 43.8 Å². The number of hydrogen-bond acceptors (Lipinski definition) is 2. The van der Waals surface area contributed by atoms with Gasteiger partial charge in [-0.25, -0.2) is 4.98 Å². The molecule has 0 aliphatic heterocycles. The van der Waals surface area contributed by atoms with Crippen molar-refractivity contribution >= 4 is 0 Å². The molecule has 0 amide bonds. The molecule has 0 spiro atoms. The molecule has 3 heteroatoms. The normalized spacial score (nSPS) is 10.8. The lowest BCUT2D eigenvalue weighted by Crippen LogP contribution is -2.10. The SMILES string of the molecule is Cc1cc(C)cc(Cn2c(CN)cnc2C)c1. The van der Waals surface area contributed by atoms with Gasteiger partial charge in [0.05, 0.1) is 5.69 Å². The first kappa shape index (κ1) is 11.9. The summed E-state index contributed by atoms with van der Waals surface area (Å²) in [4.78, 5) is 4.31. The Bertz CT molecular complexity index is 506. The summed E-state index contributed by atoms with van der Waals surface area (Å²) in [5.41, 5.74) is 10.7. The summed E-state index contributed by atoms with van der Waals surface area (Å²) in [6.07, 6.45) is 1.86. The second-order valence-corrected chi connectivity index (χ2v) is 4.58. The third-order valence-electron chi connectivity index (χ3n) is 2.97. The van der Waals surface area contributed by atoms with E-state index in [1.165, 1.54) is 16.7 Å². The van der Waals surface area contributed by atoms with Crippen LogP contribution in [-0.2, 0) is 13.1 Å². The Kier molecular flexibility index (Phi) is 3.29. The van der Waals surface area contributed by atoms with Gasteiger partial charge in [0.2, 0.25) is 0 Å². The van der Waals surface area contributed by atoms with Gasteiger partial charge in [0.1, 0.15) is 5.82 Å². The van der Waals surface area contributed by atoms with Crippen LogP contribution in [0.1, 0.15) is 28.2 Å². The number of rotatable bonds is 3. The van der Waals surface area contributed by atoms with Gasteiger partial charge in [0.15, 0.2) is 0 Å². The molecule has 0 saturated heterocycles. The minimum absolute atomic E-state index is 0.533. The molecule has 2 N–H and O–H groups in total. The van der Waals surface area contributed by atoms with E-state index in [4.69, 9.17) is 5.73 Å². The summed E-state index contributed by atoms with van der Waals surface area (Å²) in [6, 6.07) is 6.62. The van der Waals surface area contributed by atoms with Crippen molar-refractivity contribution in [3.63, 3.8) is 0 Å². The molecule has 0 fully saturated rings. The smallest absolute Gasteiger partial charge is 0.106 e. The molecule has 0 saturated carbocycles. The van der Waals surface area contributed by atoms with Crippen molar-refractivity contribution in [2.75, 3.05) is 0 Å². The Morgan fingerprint density at radius 2 is 1.76 bits per heavy atom. The highest BCUT2D eigenvalue weighted by Gasteiger charge is 2.06. The summed E-state index contributed by atoms with van der Waals surface area (Å²) < 4.78 is 2.17. The summed E-state index contributed by atoms with van der Waals surface area (Å²) >= 11 is 0. The maximum absolute atomic E-state index is 5.72. The van der Waals surface area contributed by atoms with Crippen molar-refractivity contribution in [3.8, 4) is 0 Å². The van der Waals surface area contributed by atoms with Crippen LogP contribution in [-0.4, -0.2) is 9.55 Å². The number of imidazole rings is 1. The molecule has 3 nitrogen and oxygen atoms in total. The summed E-state index contributed by atoms with van der Waals surface area (Å²) in [5.74, 6) is 1.02. The van der Waals surface area contributed by atoms with Gasteiger partial charge in [-0.2, -0.15) is 0 Å². The van der Waals surface area contributed by atoms with E-state index in [9.17, 15) is 0 Å². The van der Waals surface area contributed by atoms with Crippen molar-refractivity contribution in [1.29, 1.82) is 0 Å². The summed E-state index contributed by atoms with van der Waals surface area (Å²) in [7, 11) is 0. The molecule has 1 aromatic heterocycles. The van der Waals surface area contributed by atoms with Crippen LogP contribution < -0.4 is 5.73 Å². The lowest BCUT2D eigenvalue weighted by molar-refractivity contribution is 0.712. The van der Waals surface area contributed by atoms with Crippen molar-refractivity contribution in [3.05, 3.63) is 52.6 Å². The first-order chi connectivity index (χ1) is 8.10. The van der Waals surface area contributed by atoms with Gasteiger partial charge in [0, 0.05) is 19.3 Å². The third kappa shape index (κ3) is 2.56. The molecule has 2 rings (SSSR count). The lowest BCUT2D eigenvalue weighted by atomic mass is 10.1. The van der Waals surface area contributed by atoms with Crippen LogP contribution in [0.5, 0.6) is 0 Å². The van der Waals surface area contributed by atoms with Crippen LogP contribution in [0, 0.1) is 20.8 Å². The van der Waals surface area contributed by atoms with Gasteiger partial charge >= 0.3 is 0 Å². The Balaban J connectivity index is 2.33. The highest BCUT2D eigenvalue weighted by molar-refractivity contribution is 5.29. The zero-order chi connectivity index (χ0) is 12.4. The van der Waals surface area contributed by atoms with E-state index in [0.29, 0.717) is 6.54 Å². The number of hydrogen-bond donors (Lipinski definition) is 1. The van der Waals surface area contributed by atoms with Gasteiger partial charge in [-0.15, -0.1) is 0 Å². The zero-order valence-electron chi connectivity index (χ0n) is 10.7. The maximum Gasteiger partial charge on any atom is 0.106 e. The van der Waals surface area contributed by atoms with Crippen LogP contribution in [0.2, 0.25) is 0 Å². The predicted molar refractivity (Wildman–Crippen MR) is 69.9 cm³/mol. The molecule has 17 heavy (non-hydrogen) atoms. The van der Waals surface area contributed by atoms with E-state index in [2.05, 4.69) is 41.6 Å². The van der Waals surface area contributed by atoms with Crippen LogP contribution in [0.25, 0.3) is 0 Å². The van der Waals surface area contributed by atoms with E-state index in [-0.39, 0.29) is 0 Å². The predicted octanol–water partition coefficient (Wildman–Crippen LogP) is 2.32. The standard InChI is InChI=1S/C14H19N3/c1-10-4-11(2)6-13(5-10)9-17-12(3)16-8-14(17)7-15/h4-6,8H,7,9,15H2,1-3H3. The van der Waals surface area contributed by atoms with Crippen LogP contribution >= 0.6 is 0 Å². The summed E-state index contributed by atoms with van der Waals surface area (Å²) in [5, 5.41) is 0. The van der Waals surface area contributed by atoms with Crippen molar-refractivity contribution in [1.82, 2.24) is 9.55 Å². The first-order valence-electron chi connectivity index (χ1n) is 5.88. The highest BCUT2D eigenvalue weighted by atomic mass is 15.1. The van der Waals surface area contributed by atoms with E-state index in [1.807, 2.05) is 13.1 Å². The van der Waals surface area contributed by atoms with Crippen molar-refractivity contribution in [2.24, 2.45) is 5.73 Å². The van der Waals surface area contributed by atoms with E-state index < -0.39 is 0 Å². The average molecular weight is 229 g/mol. The van der Waals surface area contributed by atoms with Gasteiger partial charge in [-0.1, -0.05) is 29.3 Å². The molecule has 0 aliphatic rings. The van der Waals surface area contributed by atoms with Crippen LogP contribution in [0.4, 0.5) is 0 Å². The number of aryl methyl sites for hydroxylation is 3. The maximum atomic E-state index is 5.72. The number of nitrogens with zero attached hydrogens (tertiary/aromatic N) is 2. The molecular formula is C14H19N3. The molecular weight excluding hydrogens is 210 g/mol. The van der Waals surface area contributed by atoms with E-state index in [1.54, 1.807) is 0 Å². The molecule has 0 bridgehead atoms. The molecule has 0 radical (unpaired) electrons. The second-order valence-electron chi connectivity index (χ2n) is 4.58.